The van der Waals surface area contributed by atoms with Gasteiger partial charge in [-0.1, -0.05) is 44.2 Å². The topological polar surface area (TPSA) is 141 Å². The second-order valence-corrected chi connectivity index (χ2v) is 11.1. The van der Waals surface area contributed by atoms with Crippen molar-refractivity contribution in [3.8, 4) is 22.9 Å². The highest BCUT2D eigenvalue weighted by atomic mass is 16.5. The molecule has 2 aromatic heterocycles. The van der Waals surface area contributed by atoms with Crippen LogP contribution in [0.25, 0.3) is 11.4 Å². The number of hydrogen-bond acceptors (Lipinski definition) is 8. The molecule has 45 heavy (non-hydrogen) atoms. The predicted octanol–water partition coefficient (Wildman–Crippen LogP) is 3.44. The van der Waals surface area contributed by atoms with Gasteiger partial charge < -0.3 is 25.0 Å². The minimum Gasteiger partial charge on any atom is -0.493 e. The third-order valence-electron chi connectivity index (χ3n) is 7.43. The molecule has 12 heteroatoms. The molecule has 0 saturated carbocycles. The molecule has 0 aliphatic carbocycles. The van der Waals surface area contributed by atoms with Crippen LogP contribution in [0.4, 0.5) is 0 Å². The minimum atomic E-state index is -0.520. The van der Waals surface area contributed by atoms with Gasteiger partial charge in [-0.2, -0.15) is 5.10 Å². The molecule has 1 aliphatic heterocycles. The van der Waals surface area contributed by atoms with E-state index in [4.69, 9.17) is 19.6 Å². The Balaban J connectivity index is 1.52. The van der Waals surface area contributed by atoms with Gasteiger partial charge in [-0.3, -0.25) is 19.4 Å². The van der Waals surface area contributed by atoms with Gasteiger partial charge in [0, 0.05) is 36.1 Å². The van der Waals surface area contributed by atoms with Crippen LogP contribution in [0.15, 0.2) is 66.9 Å². The van der Waals surface area contributed by atoms with E-state index in [9.17, 15) is 14.4 Å². The van der Waals surface area contributed by atoms with Crippen LogP contribution >= 0.6 is 0 Å². The van der Waals surface area contributed by atoms with Gasteiger partial charge in [-0.25, -0.2) is 9.67 Å². The van der Waals surface area contributed by atoms with E-state index in [1.165, 1.54) is 18.2 Å². The van der Waals surface area contributed by atoms with Crippen molar-refractivity contribution in [2.45, 2.75) is 33.4 Å². The molecular formula is C33H37N7O5. The van der Waals surface area contributed by atoms with E-state index in [1.54, 1.807) is 35.0 Å². The fourth-order valence-electron chi connectivity index (χ4n) is 4.99. The molecule has 0 saturated heterocycles. The average Bonchev–Trinajstić information content (AvgIpc) is 3.46. The van der Waals surface area contributed by atoms with Crippen molar-refractivity contribution < 1.29 is 23.9 Å². The van der Waals surface area contributed by atoms with E-state index in [-0.39, 0.29) is 49.9 Å². The highest BCUT2D eigenvalue weighted by Gasteiger charge is 2.28. The van der Waals surface area contributed by atoms with Crippen molar-refractivity contribution >= 4 is 17.7 Å². The van der Waals surface area contributed by atoms with Crippen molar-refractivity contribution in [1.29, 1.82) is 0 Å². The van der Waals surface area contributed by atoms with Gasteiger partial charge in [0.05, 0.1) is 31.8 Å². The second-order valence-electron chi connectivity index (χ2n) is 11.1. The van der Waals surface area contributed by atoms with Crippen molar-refractivity contribution in [2.24, 2.45) is 5.92 Å². The maximum Gasteiger partial charge on any atom is 0.255 e. The van der Waals surface area contributed by atoms with E-state index >= 15 is 0 Å². The van der Waals surface area contributed by atoms with Crippen molar-refractivity contribution in [3.05, 3.63) is 89.5 Å². The summed E-state index contributed by atoms with van der Waals surface area (Å²) in [5, 5.41) is 10.7. The third kappa shape index (κ3) is 7.46. The summed E-state index contributed by atoms with van der Waals surface area (Å²) in [5.41, 5.74) is 2.30. The lowest BCUT2D eigenvalue weighted by molar-refractivity contribution is -0.123. The Morgan fingerprint density at radius 1 is 1.04 bits per heavy atom. The number of aromatic nitrogens is 4. The monoisotopic (exact) mass is 611 g/mol. The maximum atomic E-state index is 13.6. The number of ether oxygens (including phenoxy) is 2. The number of nitrogens with one attached hydrogen (secondary N) is 2. The van der Waals surface area contributed by atoms with Gasteiger partial charge >= 0.3 is 0 Å². The van der Waals surface area contributed by atoms with E-state index in [0.29, 0.717) is 40.8 Å². The summed E-state index contributed by atoms with van der Waals surface area (Å²) in [4.78, 5) is 50.7. The van der Waals surface area contributed by atoms with Crippen LogP contribution in [0.5, 0.6) is 11.5 Å². The van der Waals surface area contributed by atoms with Crippen LogP contribution in [0, 0.1) is 12.8 Å². The van der Waals surface area contributed by atoms with Crippen LogP contribution in [-0.2, 0) is 11.3 Å². The number of pyridine rings is 1. The molecule has 2 aromatic carbocycles. The first-order valence-electron chi connectivity index (χ1n) is 14.8. The Hall–Kier alpha value is -5.26. The zero-order valence-electron chi connectivity index (χ0n) is 25.8. The molecule has 0 unspecified atom stereocenters. The van der Waals surface area contributed by atoms with Crippen molar-refractivity contribution in [1.82, 2.24) is 35.3 Å². The molecular weight excluding hydrogens is 574 g/mol. The second kappa shape index (κ2) is 14.0. The fraction of sp³-hybridized carbons (Fsp3) is 0.333. The van der Waals surface area contributed by atoms with E-state index in [2.05, 4.69) is 15.6 Å². The number of rotatable bonds is 4. The van der Waals surface area contributed by atoms with Crippen LogP contribution in [0.2, 0.25) is 0 Å². The van der Waals surface area contributed by atoms with Gasteiger partial charge in [-0.05, 0) is 43.2 Å². The Labute approximate surface area is 261 Å². The highest BCUT2D eigenvalue weighted by Crippen LogP contribution is 2.29. The average molecular weight is 612 g/mol. The first-order chi connectivity index (χ1) is 21.7. The Bertz CT molecular complexity index is 1650. The van der Waals surface area contributed by atoms with Crippen molar-refractivity contribution in [3.63, 3.8) is 0 Å². The Morgan fingerprint density at radius 2 is 1.84 bits per heavy atom. The standard InChI is InChI=1S/C33H37N7O5/c1-21(2)29-31-37-30(23-8-6-5-7-9-23)38-40(31)16-17-45-27-18-24(12-13-26(27)44-4)32(42)34-14-15-39(20-28(41)36-29)33(43)25-11-10-22(3)35-19-25/h5-13,18-19,21,29H,14-17,20H2,1-4H3,(H,34,42)(H,36,41)/t29-/m1/s1. The number of hydrogen-bond donors (Lipinski definition) is 2. The molecule has 5 rings (SSSR count). The van der Waals surface area contributed by atoms with Gasteiger partial charge in [0.25, 0.3) is 11.8 Å². The summed E-state index contributed by atoms with van der Waals surface area (Å²) in [6.07, 6.45) is 1.49. The number of carbonyl (C=O) groups is 3. The van der Waals surface area contributed by atoms with Crippen molar-refractivity contribution in [2.75, 3.05) is 33.4 Å². The van der Waals surface area contributed by atoms with Crippen LogP contribution in [0.3, 0.4) is 0 Å². The largest absolute Gasteiger partial charge is 0.493 e. The molecule has 3 amide bonds. The third-order valence-corrected chi connectivity index (χ3v) is 7.43. The molecule has 4 aromatic rings. The van der Waals surface area contributed by atoms with Gasteiger partial charge in [0.2, 0.25) is 5.91 Å². The summed E-state index contributed by atoms with van der Waals surface area (Å²) < 4.78 is 13.3. The molecule has 0 radical (unpaired) electrons. The van der Waals surface area contributed by atoms with Gasteiger partial charge in [0.1, 0.15) is 6.61 Å². The molecule has 1 aliphatic rings. The quantitative estimate of drug-likeness (QED) is 0.358. The van der Waals surface area contributed by atoms with Gasteiger partial charge in [-0.15, -0.1) is 0 Å². The minimum absolute atomic E-state index is 0.0648. The normalized spacial score (nSPS) is 16.2. The van der Waals surface area contributed by atoms with Gasteiger partial charge in [0.15, 0.2) is 23.1 Å². The lowest BCUT2D eigenvalue weighted by Gasteiger charge is -2.26. The molecule has 2 N–H and O–H groups in total. The molecule has 1 atom stereocenters. The van der Waals surface area contributed by atoms with E-state index in [0.717, 1.165) is 11.3 Å². The molecule has 234 valence electrons. The number of benzene rings is 2. The smallest absolute Gasteiger partial charge is 0.255 e. The lowest BCUT2D eigenvalue weighted by atomic mass is 10.0. The summed E-state index contributed by atoms with van der Waals surface area (Å²) in [6, 6.07) is 17.4. The number of amides is 3. The number of aryl methyl sites for hydroxylation is 1. The van der Waals surface area contributed by atoms with Crippen LogP contribution in [0.1, 0.15) is 52.1 Å². The summed E-state index contributed by atoms with van der Waals surface area (Å²) in [7, 11) is 1.53. The maximum absolute atomic E-state index is 13.6. The van der Waals surface area contributed by atoms with E-state index < -0.39 is 6.04 Å². The SMILES string of the molecule is COc1ccc2cc1OCCn1nc(-c3ccccc3)nc1[C@@H](C(C)C)NC(=O)CN(C(=O)c1ccc(C)nc1)CCNC2=O. The lowest BCUT2D eigenvalue weighted by Crippen LogP contribution is -2.46. The molecule has 3 heterocycles. The zero-order valence-corrected chi connectivity index (χ0v) is 25.8. The molecule has 12 nitrogen and oxygen atoms in total. The number of fused-ring (bicyclic) bond motifs is 3. The molecule has 0 fully saturated rings. The summed E-state index contributed by atoms with van der Waals surface area (Å²) >= 11 is 0. The first-order valence-corrected chi connectivity index (χ1v) is 14.8. The van der Waals surface area contributed by atoms with Crippen LogP contribution in [-0.4, -0.2) is 75.7 Å². The Morgan fingerprint density at radius 3 is 2.56 bits per heavy atom. The summed E-state index contributed by atoms with van der Waals surface area (Å²) in [6.45, 7) is 6.26. The number of carbonyl (C=O) groups excluding carboxylic acids is 3. The fourth-order valence-corrected chi connectivity index (χ4v) is 4.99. The van der Waals surface area contributed by atoms with E-state index in [1.807, 2.05) is 51.1 Å². The molecule has 0 spiro atoms. The zero-order chi connectivity index (χ0) is 31.9. The predicted molar refractivity (Wildman–Crippen MR) is 167 cm³/mol. The Kier molecular flexibility index (Phi) is 9.71. The summed E-state index contributed by atoms with van der Waals surface area (Å²) in [5.74, 6) is 0.780. The van der Waals surface area contributed by atoms with Crippen LogP contribution < -0.4 is 20.1 Å². The highest BCUT2D eigenvalue weighted by molar-refractivity contribution is 5.97. The molecule has 2 bridgehead atoms. The number of methoxy groups -OCH3 is 1. The number of nitrogens with zero attached hydrogens (tertiary/aromatic N) is 5. The first kappa shape index (κ1) is 31.2.